The van der Waals surface area contributed by atoms with Crippen LogP contribution in [0.5, 0.6) is 0 Å². The van der Waals surface area contributed by atoms with E-state index in [4.69, 9.17) is 0 Å². The standard InChI is InChI=1S/C38H56N10O4/c1-11-47(37(39-7)40-8)35(51)31-21-29(23-45(31)19-17-25(3)4)43-33(49)27-13-15-28(16-14-27)34(50)44-30-22-32(46(24-30)20-18-26(5)6)36(52)48(12-2)38(41-9)42-10/h13-16,21-26H,11-12,17-20H2,1-10H3,(H,39,40)(H,41,42)(H,43,49)(H,44,50). The monoisotopic (exact) mass is 716 g/mol. The van der Waals surface area contributed by atoms with Gasteiger partial charge in [-0.05, 0) is 74.9 Å². The molecule has 0 fully saturated rings. The number of hydrogen-bond donors (Lipinski definition) is 4. The van der Waals surface area contributed by atoms with E-state index in [9.17, 15) is 19.2 Å². The van der Waals surface area contributed by atoms with Crippen molar-refractivity contribution in [1.82, 2.24) is 29.6 Å². The summed E-state index contributed by atoms with van der Waals surface area (Å²) < 4.78 is 3.73. The number of anilines is 2. The number of aromatic nitrogens is 2. The Balaban J connectivity index is 1.81. The summed E-state index contributed by atoms with van der Waals surface area (Å²) in [7, 11) is 6.67. The van der Waals surface area contributed by atoms with E-state index in [1.165, 1.54) is 0 Å². The van der Waals surface area contributed by atoms with Gasteiger partial charge in [-0.3, -0.25) is 39.0 Å². The minimum absolute atomic E-state index is 0.232. The molecule has 4 amide bonds. The van der Waals surface area contributed by atoms with Crippen molar-refractivity contribution < 1.29 is 19.2 Å². The van der Waals surface area contributed by atoms with Crippen LogP contribution in [0.3, 0.4) is 0 Å². The van der Waals surface area contributed by atoms with Gasteiger partial charge in [0.2, 0.25) is 0 Å². The summed E-state index contributed by atoms with van der Waals surface area (Å²) in [6, 6.07) is 9.66. The van der Waals surface area contributed by atoms with E-state index in [-0.39, 0.29) is 23.6 Å². The van der Waals surface area contributed by atoms with Crippen LogP contribution in [0.15, 0.2) is 58.8 Å². The number of aliphatic imine (C=N–C) groups is 2. The highest BCUT2D eigenvalue weighted by atomic mass is 16.2. The molecule has 0 aliphatic heterocycles. The zero-order valence-corrected chi connectivity index (χ0v) is 32.3. The molecule has 1 aromatic carbocycles. The molecule has 14 heteroatoms. The van der Waals surface area contributed by atoms with Crippen LogP contribution in [0, 0.1) is 11.8 Å². The second-order valence-corrected chi connectivity index (χ2v) is 13.2. The number of hydrogen-bond acceptors (Lipinski definition) is 6. The van der Waals surface area contributed by atoms with Gasteiger partial charge in [0.05, 0.1) is 11.4 Å². The summed E-state index contributed by atoms with van der Waals surface area (Å²) in [6.45, 7) is 14.2. The zero-order chi connectivity index (χ0) is 38.5. The summed E-state index contributed by atoms with van der Waals surface area (Å²) in [6.07, 6.45) is 5.24. The molecule has 0 spiro atoms. The highest BCUT2D eigenvalue weighted by molar-refractivity contribution is 6.10. The third-order valence-electron chi connectivity index (χ3n) is 8.56. The minimum atomic E-state index is -0.382. The number of carbonyl (C=O) groups is 4. The van der Waals surface area contributed by atoms with Crippen LogP contribution in [-0.4, -0.2) is 95.8 Å². The van der Waals surface area contributed by atoms with Crippen molar-refractivity contribution in [1.29, 1.82) is 0 Å². The largest absolute Gasteiger partial charge is 0.359 e. The van der Waals surface area contributed by atoms with Crippen LogP contribution < -0.4 is 21.3 Å². The Labute approximate surface area is 307 Å². The Bertz CT molecular complexity index is 1620. The third-order valence-corrected chi connectivity index (χ3v) is 8.56. The SMILES string of the molecule is CCN(C(=O)c1cc(NC(=O)c2ccc(C(=O)Nc3cc(C(=O)N(CC)C(=NC)NC)n(CCC(C)C)c3)cc2)cn1CCC(C)C)C(=NC)NC. The van der Waals surface area contributed by atoms with Gasteiger partial charge in [0.1, 0.15) is 11.4 Å². The van der Waals surface area contributed by atoms with Crippen LogP contribution in [-0.2, 0) is 13.1 Å². The van der Waals surface area contributed by atoms with E-state index in [1.54, 1.807) is 86.8 Å². The lowest BCUT2D eigenvalue weighted by atomic mass is 10.1. The van der Waals surface area contributed by atoms with E-state index < -0.39 is 0 Å². The summed E-state index contributed by atoms with van der Waals surface area (Å²) in [5.41, 5.74) is 2.52. The van der Waals surface area contributed by atoms with E-state index in [0.29, 0.717) is 83.8 Å². The highest BCUT2D eigenvalue weighted by Crippen LogP contribution is 2.22. The maximum atomic E-state index is 13.6. The normalized spacial score (nSPS) is 11.8. The van der Waals surface area contributed by atoms with Crippen LogP contribution in [0.25, 0.3) is 0 Å². The van der Waals surface area contributed by atoms with Crippen molar-refractivity contribution in [3.05, 3.63) is 71.3 Å². The molecule has 0 saturated carbocycles. The Hall–Kier alpha value is -5.40. The molecule has 0 bridgehead atoms. The number of carbonyl (C=O) groups excluding carboxylic acids is 4. The molecule has 2 heterocycles. The predicted molar refractivity (Wildman–Crippen MR) is 208 cm³/mol. The van der Waals surface area contributed by atoms with Gasteiger partial charge in [-0.2, -0.15) is 0 Å². The summed E-state index contributed by atoms with van der Waals surface area (Å²) in [4.78, 5) is 65.4. The van der Waals surface area contributed by atoms with Gasteiger partial charge in [0.25, 0.3) is 23.6 Å². The van der Waals surface area contributed by atoms with Crippen molar-refractivity contribution in [3.63, 3.8) is 0 Å². The predicted octanol–water partition coefficient (Wildman–Crippen LogP) is 5.22. The van der Waals surface area contributed by atoms with Crippen molar-refractivity contribution in [3.8, 4) is 0 Å². The first-order valence-corrected chi connectivity index (χ1v) is 17.9. The fraction of sp³-hybridized carbons (Fsp3) is 0.474. The maximum Gasteiger partial charge on any atom is 0.277 e. The van der Waals surface area contributed by atoms with Crippen molar-refractivity contribution in [2.45, 2.75) is 67.5 Å². The molecule has 0 saturated heterocycles. The van der Waals surface area contributed by atoms with E-state index in [0.717, 1.165) is 12.8 Å². The van der Waals surface area contributed by atoms with E-state index in [2.05, 4.69) is 58.9 Å². The molecule has 14 nitrogen and oxygen atoms in total. The molecule has 0 aliphatic carbocycles. The summed E-state index contributed by atoms with van der Waals surface area (Å²) in [5.74, 6) is 0.502. The lowest BCUT2D eigenvalue weighted by Gasteiger charge is -2.22. The Morgan fingerprint density at radius 1 is 0.654 bits per heavy atom. The topological polar surface area (TPSA) is 157 Å². The Kier molecular flexibility index (Phi) is 15.2. The number of rotatable bonds is 14. The summed E-state index contributed by atoms with van der Waals surface area (Å²) >= 11 is 0. The first kappa shape index (κ1) is 41.0. The number of nitrogens with zero attached hydrogens (tertiary/aromatic N) is 6. The van der Waals surface area contributed by atoms with Crippen molar-refractivity contribution in [2.75, 3.05) is 51.9 Å². The minimum Gasteiger partial charge on any atom is -0.359 e. The van der Waals surface area contributed by atoms with Crippen molar-refractivity contribution in [2.24, 2.45) is 21.8 Å². The average Bonchev–Trinajstić information content (AvgIpc) is 3.73. The van der Waals surface area contributed by atoms with Crippen LogP contribution >= 0.6 is 0 Å². The fourth-order valence-electron chi connectivity index (χ4n) is 5.65. The number of guanidine groups is 2. The first-order valence-electron chi connectivity index (χ1n) is 17.9. The molecular formula is C38H56N10O4. The molecule has 0 atom stereocenters. The highest BCUT2D eigenvalue weighted by Gasteiger charge is 2.25. The second kappa shape index (κ2) is 19.3. The van der Waals surface area contributed by atoms with Gasteiger partial charge in [0, 0.05) is 77.9 Å². The molecule has 0 aliphatic rings. The van der Waals surface area contributed by atoms with E-state index in [1.807, 2.05) is 23.0 Å². The quantitative estimate of drug-likeness (QED) is 0.132. The molecular weight excluding hydrogens is 660 g/mol. The number of aryl methyl sites for hydroxylation is 2. The number of amides is 4. The fourth-order valence-corrected chi connectivity index (χ4v) is 5.65. The van der Waals surface area contributed by atoms with Gasteiger partial charge < -0.3 is 30.4 Å². The van der Waals surface area contributed by atoms with Crippen LogP contribution in [0.1, 0.15) is 96.1 Å². The number of nitrogens with one attached hydrogen (secondary N) is 4. The van der Waals surface area contributed by atoms with Gasteiger partial charge in [-0.15, -0.1) is 0 Å². The molecule has 282 valence electrons. The Morgan fingerprint density at radius 3 is 1.27 bits per heavy atom. The molecule has 0 unspecified atom stereocenters. The molecule has 52 heavy (non-hydrogen) atoms. The molecule has 3 aromatic rings. The van der Waals surface area contributed by atoms with Crippen LogP contribution in [0.2, 0.25) is 0 Å². The molecule has 0 radical (unpaired) electrons. The van der Waals surface area contributed by atoms with Gasteiger partial charge in [-0.25, -0.2) is 0 Å². The van der Waals surface area contributed by atoms with Gasteiger partial charge in [-0.1, -0.05) is 27.7 Å². The smallest absolute Gasteiger partial charge is 0.277 e. The van der Waals surface area contributed by atoms with Crippen molar-refractivity contribution >= 4 is 46.9 Å². The Morgan fingerprint density at radius 2 is 1.00 bits per heavy atom. The summed E-state index contributed by atoms with van der Waals surface area (Å²) in [5, 5.41) is 11.7. The number of benzene rings is 1. The maximum absolute atomic E-state index is 13.6. The first-order chi connectivity index (χ1) is 24.8. The van der Waals surface area contributed by atoms with Gasteiger partial charge in [0.15, 0.2) is 11.9 Å². The lowest BCUT2D eigenvalue weighted by molar-refractivity contribution is 0.0829. The molecule has 3 rings (SSSR count). The second-order valence-electron chi connectivity index (χ2n) is 13.2. The van der Waals surface area contributed by atoms with Gasteiger partial charge >= 0.3 is 0 Å². The molecule has 2 aromatic heterocycles. The average molecular weight is 717 g/mol. The van der Waals surface area contributed by atoms with Crippen LogP contribution in [0.4, 0.5) is 11.4 Å². The molecule has 4 N–H and O–H groups in total. The van der Waals surface area contributed by atoms with E-state index >= 15 is 0 Å². The third kappa shape index (κ3) is 10.3. The zero-order valence-electron chi connectivity index (χ0n) is 32.3. The lowest BCUT2D eigenvalue weighted by Crippen LogP contribution is -2.44.